The lowest BCUT2D eigenvalue weighted by Gasteiger charge is -2.22. The van der Waals surface area contributed by atoms with Gasteiger partial charge in [-0.15, -0.1) is 0 Å². The highest BCUT2D eigenvalue weighted by atomic mass is 16.5. The minimum absolute atomic E-state index is 0.0413. The van der Waals surface area contributed by atoms with Crippen molar-refractivity contribution in [3.63, 3.8) is 0 Å². The molecule has 1 amide bonds. The SMILES string of the molecule is COc1ccc(CCC(=O)N2CCC[C@H]2c2cc(C)no2)cc1. The Labute approximate surface area is 136 Å². The average Bonchev–Trinajstić information content (AvgIpc) is 3.21. The maximum atomic E-state index is 12.6. The number of likely N-dealkylation sites (tertiary alicyclic amines) is 1. The predicted molar refractivity (Wildman–Crippen MR) is 86.2 cm³/mol. The van der Waals surface area contributed by atoms with Crippen molar-refractivity contribution in [3.05, 3.63) is 47.3 Å². The molecular formula is C18H22N2O3. The smallest absolute Gasteiger partial charge is 0.223 e. The Morgan fingerprint density at radius 2 is 2.17 bits per heavy atom. The van der Waals surface area contributed by atoms with Crippen molar-refractivity contribution in [1.29, 1.82) is 0 Å². The number of aryl methyl sites for hydroxylation is 2. The topological polar surface area (TPSA) is 55.6 Å². The molecule has 0 aliphatic carbocycles. The van der Waals surface area contributed by atoms with Crippen LogP contribution in [0.4, 0.5) is 0 Å². The van der Waals surface area contributed by atoms with Crippen LogP contribution in [0.1, 0.15) is 42.3 Å². The summed E-state index contributed by atoms with van der Waals surface area (Å²) in [6, 6.07) is 9.84. The maximum absolute atomic E-state index is 12.6. The molecule has 0 radical (unpaired) electrons. The Morgan fingerprint density at radius 1 is 1.39 bits per heavy atom. The van der Waals surface area contributed by atoms with Gasteiger partial charge in [0.25, 0.3) is 0 Å². The van der Waals surface area contributed by atoms with Crippen molar-refractivity contribution < 1.29 is 14.1 Å². The van der Waals surface area contributed by atoms with Crippen LogP contribution in [0, 0.1) is 6.92 Å². The van der Waals surface area contributed by atoms with E-state index in [2.05, 4.69) is 5.16 Å². The van der Waals surface area contributed by atoms with E-state index in [0.717, 1.165) is 48.6 Å². The second-order valence-electron chi connectivity index (χ2n) is 5.96. The van der Waals surface area contributed by atoms with Crippen LogP contribution in [0.3, 0.4) is 0 Å². The summed E-state index contributed by atoms with van der Waals surface area (Å²) in [6.45, 7) is 2.70. The van der Waals surface area contributed by atoms with E-state index in [1.807, 2.05) is 42.2 Å². The number of methoxy groups -OCH3 is 1. The average molecular weight is 314 g/mol. The summed E-state index contributed by atoms with van der Waals surface area (Å²) in [4.78, 5) is 14.5. The first kappa shape index (κ1) is 15.6. The van der Waals surface area contributed by atoms with Gasteiger partial charge in [0.1, 0.15) is 5.75 Å². The largest absolute Gasteiger partial charge is 0.497 e. The number of nitrogens with zero attached hydrogens (tertiary/aromatic N) is 2. The molecule has 5 heteroatoms. The second-order valence-corrected chi connectivity index (χ2v) is 5.96. The fourth-order valence-corrected chi connectivity index (χ4v) is 3.09. The lowest BCUT2D eigenvalue weighted by molar-refractivity contribution is -0.132. The van der Waals surface area contributed by atoms with Gasteiger partial charge in [-0.3, -0.25) is 4.79 Å². The fraction of sp³-hybridized carbons (Fsp3) is 0.444. The van der Waals surface area contributed by atoms with Crippen LogP contribution >= 0.6 is 0 Å². The number of hydrogen-bond donors (Lipinski definition) is 0. The molecule has 0 unspecified atom stereocenters. The number of hydrogen-bond acceptors (Lipinski definition) is 4. The summed E-state index contributed by atoms with van der Waals surface area (Å²) in [5.41, 5.74) is 2.00. The highest BCUT2D eigenvalue weighted by Crippen LogP contribution is 2.32. The number of carbonyl (C=O) groups is 1. The number of benzene rings is 1. The third kappa shape index (κ3) is 3.55. The molecule has 1 atom stereocenters. The number of amides is 1. The molecule has 1 aromatic heterocycles. The van der Waals surface area contributed by atoms with E-state index >= 15 is 0 Å². The van der Waals surface area contributed by atoms with Crippen molar-refractivity contribution >= 4 is 5.91 Å². The van der Waals surface area contributed by atoms with Crippen LogP contribution in [-0.4, -0.2) is 29.6 Å². The van der Waals surface area contributed by atoms with Gasteiger partial charge in [-0.1, -0.05) is 17.3 Å². The molecule has 0 saturated carbocycles. The lowest BCUT2D eigenvalue weighted by atomic mass is 10.1. The lowest BCUT2D eigenvalue weighted by Crippen LogP contribution is -2.30. The van der Waals surface area contributed by atoms with Crippen LogP contribution in [0.5, 0.6) is 5.75 Å². The molecule has 1 aliphatic heterocycles. The van der Waals surface area contributed by atoms with Gasteiger partial charge >= 0.3 is 0 Å². The summed E-state index contributed by atoms with van der Waals surface area (Å²) in [5.74, 6) is 1.82. The number of aromatic nitrogens is 1. The Hall–Kier alpha value is -2.30. The van der Waals surface area contributed by atoms with Crippen LogP contribution in [0.2, 0.25) is 0 Å². The molecule has 0 spiro atoms. The third-order valence-electron chi connectivity index (χ3n) is 4.33. The quantitative estimate of drug-likeness (QED) is 0.850. The molecule has 2 heterocycles. The zero-order valence-corrected chi connectivity index (χ0v) is 13.6. The summed E-state index contributed by atoms with van der Waals surface area (Å²) in [7, 11) is 1.65. The van der Waals surface area contributed by atoms with Gasteiger partial charge in [-0.2, -0.15) is 0 Å². The van der Waals surface area contributed by atoms with Crippen LogP contribution in [0.15, 0.2) is 34.9 Å². The first-order chi connectivity index (χ1) is 11.2. The van der Waals surface area contributed by atoms with E-state index in [1.165, 1.54) is 0 Å². The summed E-state index contributed by atoms with van der Waals surface area (Å²) >= 11 is 0. The molecule has 0 bridgehead atoms. The van der Waals surface area contributed by atoms with E-state index in [0.29, 0.717) is 6.42 Å². The third-order valence-corrected chi connectivity index (χ3v) is 4.33. The molecule has 1 aliphatic rings. The first-order valence-electron chi connectivity index (χ1n) is 8.03. The van der Waals surface area contributed by atoms with Gasteiger partial charge in [0.15, 0.2) is 5.76 Å². The van der Waals surface area contributed by atoms with E-state index in [1.54, 1.807) is 7.11 Å². The molecule has 23 heavy (non-hydrogen) atoms. The van der Waals surface area contributed by atoms with E-state index in [4.69, 9.17) is 9.26 Å². The van der Waals surface area contributed by atoms with Gasteiger partial charge in [-0.25, -0.2) is 0 Å². The zero-order chi connectivity index (χ0) is 16.2. The molecule has 122 valence electrons. The zero-order valence-electron chi connectivity index (χ0n) is 13.6. The molecule has 2 aromatic rings. The Bertz CT molecular complexity index is 663. The minimum Gasteiger partial charge on any atom is -0.497 e. The van der Waals surface area contributed by atoms with Crippen molar-refractivity contribution in [2.45, 2.75) is 38.6 Å². The van der Waals surface area contributed by atoms with Crippen LogP contribution in [0.25, 0.3) is 0 Å². The molecular weight excluding hydrogens is 292 g/mol. The highest BCUT2D eigenvalue weighted by molar-refractivity contribution is 5.77. The molecule has 0 N–H and O–H groups in total. The van der Waals surface area contributed by atoms with E-state index in [-0.39, 0.29) is 11.9 Å². The fourth-order valence-electron chi connectivity index (χ4n) is 3.09. The monoisotopic (exact) mass is 314 g/mol. The van der Waals surface area contributed by atoms with Crippen molar-refractivity contribution in [1.82, 2.24) is 10.1 Å². The highest BCUT2D eigenvalue weighted by Gasteiger charge is 2.32. The maximum Gasteiger partial charge on any atom is 0.223 e. The van der Waals surface area contributed by atoms with Gasteiger partial charge < -0.3 is 14.2 Å². The van der Waals surface area contributed by atoms with Gasteiger partial charge in [0.2, 0.25) is 5.91 Å². The number of carbonyl (C=O) groups excluding carboxylic acids is 1. The predicted octanol–water partition coefficient (Wildman–Crippen LogP) is 3.29. The van der Waals surface area contributed by atoms with E-state index < -0.39 is 0 Å². The first-order valence-corrected chi connectivity index (χ1v) is 8.03. The summed E-state index contributed by atoms with van der Waals surface area (Å²) in [6.07, 6.45) is 3.21. The van der Waals surface area contributed by atoms with Gasteiger partial charge in [0, 0.05) is 19.0 Å². The summed E-state index contributed by atoms with van der Waals surface area (Å²) < 4.78 is 10.5. The van der Waals surface area contributed by atoms with Gasteiger partial charge in [-0.05, 0) is 43.9 Å². The van der Waals surface area contributed by atoms with Crippen LogP contribution in [-0.2, 0) is 11.2 Å². The number of rotatable bonds is 5. The van der Waals surface area contributed by atoms with Crippen molar-refractivity contribution in [3.8, 4) is 5.75 Å². The second kappa shape index (κ2) is 6.86. The Balaban J connectivity index is 1.60. The van der Waals surface area contributed by atoms with Crippen molar-refractivity contribution in [2.24, 2.45) is 0 Å². The van der Waals surface area contributed by atoms with Crippen LogP contribution < -0.4 is 4.74 Å². The van der Waals surface area contributed by atoms with Gasteiger partial charge in [0.05, 0.1) is 18.8 Å². The molecule has 1 saturated heterocycles. The molecule has 3 rings (SSSR count). The number of ether oxygens (including phenoxy) is 1. The Morgan fingerprint density at radius 3 is 2.83 bits per heavy atom. The molecule has 1 fully saturated rings. The summed E-state index contributed by atoms with van der Waals surface area (Å²) in [5, 5.41) is 3.94. The molecule has 5 nitrogen and oxygen atoms in total. The minimum atomic E-state index is 0.0413. The van der Waals surface area contributed by atoms with E-state index in [9.17, 15) is 4.79 Å². The molecule has 1 aromatic carbocycles. The Kier molecular flexibility index (Phi) is 4.65. The standard InChI is InChI=1S/C18H22N2O3/c1-13-12-17(23-19-13)16-4-3-11-20(16)18(21)10-7-14-5-8-15(22-2)9-6-14/h5-6,8-9,12,16H,3-4,7,10-11H2,1-2H3/t16-/m0/s1. The normalized spacial score (nSPS) is 17.5. The van der Waals surface area contributed by atoms with Crippen molar-refractivity contribution in [2.75, 3.05) is 13.7 Å².